The molecule has 0 saturated heterocycles. The molecule has 0 aromatic heterocycles. The summed E-state index contributed by atoms with van der Waals surface area (Å²) < 4.78 is 41.6. The first kappa shape index (κ1) is 17.9. The van der Waals surface area contributed by atoms with E-state index in [1.165, 1.54) is 18.2 Å². The molecule has 1 rings (SSSR count). The third kappa shape index (κ3) is 4.39. The van der Waals surface area contributed by atoms with Crippen LogP contribution < -0.4 is 4.72 Å². The van der Waals surface area contributed by atoms with Crippen molar-refractivity contribution < 1.29 is 23.2 Å². The Kier molecular flexibility index (Phi) is 5.72. The smallest absolute Gasteiger partial charge is 0.305 e. The van der Waals surface area contributed by atoms with Crippen LogP contribution in [0.2, 0.25) is 0 Å². The van der Waals surface area contributed by atoms with Gasteiger partial charge < -0.3 is 9.66 Å². The highest BCUT2D eigenvalue weighted by Gasteiger charge is 2.44. The van der Waals surface area contributed by atoms with Gasteiger partial charge >= 0.3 is 5.97 Å². The van der Waals surface area contributed by atoms with E-state index in [4.69, 9.17) is 5.11 Å². The molecule has 0 heterocycles. The largest absolute Gasteiger partial charge is 0.598 e. The first-order valence-electron chi connectivity index (χ1n) is 6.35. The summed E-state index contributed by atoms with van der Waals surface area (Å²) >= 11 is -1.75. The van der Waals surface area contributed by atoms with E-state index in [-0.39, 0.29) is 5.56 Å². The van der Waals surface area contributed by atoms with Gasteiger partial charge in [-0.1, -0.05) is 18.2 Å². The Labute approximate surface area is 125 Å². The molecule has 0 aliphatic rings. The zero-order valence-corrected chi connectivity index (χ0v) is 13.0. The Balaban J connectivity index is 3.29. The molecule has 0 radical (unpaired) electrons. The Hall–Kier alpha value is -1.18. The number of carboxylic acids is 1. The number of nitrogens with one attached hydrogen (secondary N) is 1. The minimum absolute atomic E-state index is 0.146. The van der Waals surface area contributed by atoms with E-state index in [1.807, 2.05) is 0 Å². The Bertz CT molecular complexity index is 507. The van der Waals surface area contributed by atoms with Crippen molar-refractivity contribution >= 4 is 17.3 Å². The van der Waals surface area contributed by atoms with Crippen molar-refractivity contribution in [3.8, 4) is 0 Å². The van der Waals surface area contributed by atoms with Crippen LogP contribution in [0, 0.1) is 5.82 Å². The van der Waals surface area contributed by atoms with Crippen molar-refractivity contribution in [3.63, 3.8) is 0 Å². The topological polar surface area (TPSA) is 72.4 Å². The second-order valence-corrected chi connectivity index (χ2v) is 7.72. The number of carboxylic acid groups (broad SMARTS) is 1. The number of benzene rings is 1. The maximum Gasteiger partial charge on any atom is 0.305 e. The minimum atomic E-state index is -1.87. The van der Waals surface area contributed by atoms with E-state index in [2.05, 4.69) is 4.72 Å². The Morgan fingerprint density at radius 1 is 1.38 bits per heavy atom. The second kappa shape index (κ2) is 6.72. The molecule has 7 heteroatoms. The molecule has 1 unspecified atom stereocenters. The van der Waals surface area contributed by atoms with Crippen molar-refractivity contribution in [2.24, 2.45) is 0 Å². The molecule has 4 nitrogen and oxygen atoms in total. The molecule has 0 aliphatic carbocycles. The molecule has 1 aromatic carbocycles. The van der Waals surface area contributed by atoms with E-state index in [0.717, 1.165) is 6.07 Å². The summed E-state index contributed by atoms with van der Waals surface area (Å²) in [6, 6.07) is 5.31. The van der Waals surface area contributed by atoms with Crippen LogP contribution in [0.4, 0.5) is 8.78 Å². The quantitative estimate of drug-likeness (QED) is 0.790. The van der Waals surface area contributed by atoms with Crippen LogP contribution in [0.3, 0.4) is 0 Å². The van der Waals surface area contributed by atoms with Gasteiger partial charge in [0.15, 0.2) is 0 Å². The van der Waals surface area contributed by atoms with Crippen molar-refractivity contribution in [2.45, 2.75) is 37.5 Å². The van der Waals surface area contributed by atoms with Gasteiger partial charge in [0.1, 0.15) is 22.8 Å². The highest BCUT2D eigenvalue weighted by molar-refractivity contribution is 7.90. The van der Waals surface area contributed by atoms with Gasteiger partial charge in [0.25, 0.3) is 0 Å². The van der Waals surface area contributed by atoms with Gasteiger partial charge in [-0.3, -0.25) is 4.79 Å². The zero-order chi connectivity index (χ0) is 16.3. The number of halogens is 2. The monoisotopic (exact) mass is 319 g/mol. The first-order chi connectivity index (χ1) is 9.62. The molecule has 0 saturated carbocycles. The predicted octanol–water partition coefficient (Wildman–Crippen LogP) is 2.52. The number of hydrogen-bond donors (Lipinski definition) is 2. The Morgan fingerprint density at radius 2 is 1.95 bits per heavy atom. The fraction of sp³-hybridized carbons (Fsp3) is 0.500. The van der Waals surface area contributed by atoms with E-state index >= 15 is 0 Å². The molecule has 0 amide bonds. The van der Waals surface area contributed by atoms with Crippen LogP contribution in [0.15, 0.2) is 24.3 Å². The summed E-state index contributed by atoms with van der Waals surface area (Å²) in [5, 5.41) is 9.02. The maximum absolute atomic E-state index is 14.0. The number of aliphatic carboxylic acids is 1. The van der Waals surface area contributed by atoms with Crippen molar-refractivity contribution in [1.29, 1.82) is 0 Å². The molecular formula is C14H19F2NO3S. The van der Waals surface area contributed by atoms with Crippen LogP contribution in [-0.2, 0) is 21.7 Å². The van der Waals surface area contributed by atoms with Crippen molar-refractivity contribution in [1.82, 2.24) is 4.72 Å². The maximum atomic E-state index is 14.0. The van der Waals surface area contributed by atoms with E-state index in [1.54, 1.807) is 20.8 Å². The average molecular weight is 319 g/mol. The normalized spacial score (nSPS) is 16.3. The van der Waals surface area contributed by atoms with Gasteiger partial charge in [0, 0.05) is 16.9 Å². The van der Waals surface area contributed by atoms with Crippen LogP contribution in [-0.4, -0.2) is 27.1 Å². The van der Waals surface area contributed by atoms with Gasteiger partial charge in [-0.25, -0.2) is 8.78 Å². The predicted molar refractivity (Wildman–Crippen MR) is 77.3 cm³/mol. The van der Waals surface area contributed by atoms with Crippen molar-refractivity contribution in [3.05, 3.63) is 35.6 Å². The SMILES string of the molecule is CC(C)(C)[S+]([O-])N[C@@](CF)(CC(=O)O)c1ccccc1F. The summed E-state index contributed by atoms with van der Waals surface area (Å²) in [6.45, 7) is 3.77. The van der Waals surface area contributed by atoms with Crippen LogP contribution >= 0.6 is 0 Å². The fourth-order valence-corrected chi connectivity index (χ4v) is 2.67. The van der Waals surface area contributed by atoms with Crippen LogP contribution in [0.5, 0.6) is 0 Å². The molecule has 21 heavy (non-hydrogen) atoms. The summed E-state index contributed by atoms with van der Waals surface area (Å²) in [5.74, 6) is -2.05. The second-order valence-electron chi connectivity index (χ2n) is 5.75. The lowest BCUT2D eigenvalue weighted by molar-refractivity contribution is -0.138. The molecule has 118 valence electrons. The third-order valence-electron chi connectivity index (χ3n) is 2.91. The highest BCUT2D eigenvalue weighted by Crippen LogP contribution is 2.31. The van der Waals surface area contributed by atoms with Gasteiger partial charge in [-0.2, -0.15) is 0 Å². The molecule has 2 N–H and O–H groups in total. The summed E-state index contributed by atoms with van der Waals surface area (Å²) in [4.78, 5) is 11.1. The molecule has 0 spiro atoms. The number of rotatable bonds is 6. The highest BCUT2D eigenvalue weighted by atomic mass is 32.2. The average Bonchev–Trinajstić information content (AvgIpc) is 2.36. The molecule has 0 fully saturated rings. The third-order valence-corrected chi connectivity index (χ3v) is 4.60. The number of hydrogen-bond acceptors (Lipinski definition) is 3. The fourth-order valence-electron chi connectivity index (χ4n) is 1.77. The molecule has 1 aromatic rings. The van der Waals surface area contributed by atoms with Gasteiger partial charge in [-0.05, 0) is 26.8 Å². The molecular weight excluding hydrogens is 300 g/mol. The van der Waals surface area contributed by atoms with Crippen molar-refractivity contribution in [2.75, 3.05) is 6.67 Å². The van der Waals surface area contributed by atoms with Crippen LogP contribution in [0.1, 0.15) is 32.8 Å². The lowest BCUT2D eigenvalue weighted by Gasteiger charge is -2.35. The van der Waals surface area contributed by atoms with Gasteiger partial charge in [-0.15, -0.1) is 4.72 Å². The lowest BCUT2D eigenvalue weighted by Crippen LogP contribution is -2.54. The number of alkyl halides is 1. The molecule has 2 atom stereocenters. The Morgan fingerprint density at radius 3 is 2.38 bits per heavy atom. The molecule has 0 bridgehead atoms. The van der Waals surface area contributed by atoms with E-state index in [9.17, 15) is 18.1 Å². The minimum Gasteiger partial charge on any atom is -0.598 e. The van der Waals surface area contributed by atoms with Gasteiger partial charge in [0.05, 0.1) is 6.42 Å². The lowest BCUT2D eigenvalue weighted by atomic mass is 9.88. The van der Waals surface area contributed by atoms with Crippen LogP contribution in [0.25, 0.3) is 0 Å². The van der Waals surface area contributed by atoms with E-state index in [0.29, 0.717) is 0 Å². The molecule has 0 aliphatic heterocycles. The number of carbonyl (C=O) groups is 1. The first-order valence-corrected chi connectivity index (χ1v) is 7.50. The summed E-state index contributed by atoms with van der Waals surface area (Å²) in [7, 11) is 0. The summed E-state index contributed by atoms with van der Waals surface area (Å²) in [6.07, 6.45) is -0.716. The van der Waals surface area contributed by atoms with E-state index < -0.39 is 46.5 Å². The zero-order valence-electron chi connectivity index (χ0n) is 12.2. The van der Waals surface area contributed by atoms with Gasteiger partial charge in [0.2, 0.25) is 0 Å². The summed E-state index contributed by atoms with van der Waals surface area (Å²) in [5.41, 5.74) is -2.01. The standard InChI is InChI=1S/C14H19F2NO3S/c1-13(2,3)21(20)17-14(9-15,8-12(18)19)10-6-4-5-7-11(10)16/h4-7,17H,8-9H2,1-3H3,(H,18,19)/t14-,21?/m1/s1.